The average molecular weight is 435 g/mol. The molecule has 0 amide bonds. The summed E-state index contributed by atoms with van der Waals surface area (Å²) in [7, 11) is 3.13. The molecule has 0 heterocycles. The lowest BCUT2D eigenvalue weighted by Gasteiger charge is -2.05. The van der Waals surface area contributed by atoms with Crippen molar-refractivity contribution >= 4 is 49.5 Å². The SMILES string of the molecule is O=C(/C=C/CBr)OCCSSCCOC(=O)Cc1ccc(O)cc1. The molecule has 24 heavy (non-hydrogen) atoms. The van der Waals surface area contributed by atoms with E-state index in [9.17, 15) is 9.59 Å². The molecule has 0 bridgehead atoms. The van der Waals surface area contributed by atoms with Crippen molar-refractivity contribution in [2.45, 2.75) is 6.42 Å². The van der Waals surface area contributed by atoms with Crippen molar-refractivity contribution in [1.82, 2.24) is 0 Å². The number of ether oxygens (including phenoxy) is 2. The van der Waals surface area contributed by atoms with E-state index in [1.165, 1.54) is 18.2 Å². The maximum atomic E-state index is 11.6. The van der Waals surface area contributed by atoms with Crippen molar-refractivity contribution < 1.29 is 24.2 Å². The summed E-state index contributed by atoms with van der Waals surface area (Å²) in [6.07, 6.45) is 3.26. The first kappa shape index (κ1) is 20.9. The van der Waals surface area contributed by atoms with Crippen LogP contribution in [0.1, 0.15) is 5.56 Å². The summed E-state index contributed by atoms with van der Waals surface area (Å²) < 4.78 is 10.1. The highest BCUT2D eigenvalue weighted by atomic mass is 79.9. The molecule has 0 aliphatic carbocycles. The first-order chi connectivity index (χ1) is 11.6. The number of hydrogen-bond acceptors (Lipinski definition) is 7. The highest BCUT2D eigenvalue weighted by Crippen LogP contribution is 2.20. The van der Waals surface area contributed by atoms with Crippen LogP contribution in [0.3, 0.4) is 0 Å². The number of halogens is 1. The second-order valence-corrected chi connectivity index (χ2v) is 7.78. The fourth-order valence-corrected chi connectivity index (χ4v) is 3.34. The summed E-state index contributed by atoms with van der Waals surface area (Å²) in [6, 6.07) is 6.46. The highest BCUT2D eigenvalue weighted by Gasteiger charge is 2.05. The van der Waals surface area contributed by atoms with Gasteiger partial charge in [0.2, 0.25) is 0 Å². The van der Waals surface area contributed by atoms with Crippen molar-refractivity contribution in [1.29, 1.82) is 0 Å². The maximum absolute atomic E-state index is 11.6. The van der Waals surface area contributed by atoms with Crippen molar-refractivity contribution in [2.24, 2.45) is 0 Å². The zero-order valence-electron chi connectivity index (χ0n) is 13.0. The minimum absolute atomic E-state index is 0.172. The van der Waals surface area contributed by atoms with E-state index in [0.29, 0.717) is 30.0 Å². The van der Waals surface area contributed by atoms with E-state index in [2.05, 4.69) is 15.9 Å². The van der Waals surface area contributed by atoms with Gasteiger partial charge in [0.25, 0.3) is 0 Å². The Labute approximate surface area is 157 Å². The van der Waals surface area contributed by atoms with Gasteiger partial charge in [-0.2, -0.15) is 0 Å². The number of carbonyl (C=O) groups excluding carboxylic acids is 2. The second-order valence-electron chi connectivity index (χ2n) is 4.43. The van der Waals surface area contributed by atoms with Gasteiger partial charge < -0.3 is 14.6 Å². The van der Waals surface area contributed by atoms with Crippen LogP contribution >= 0.6 is 37.5 Å². The first-order valence-electron chi connectivity index (χ1n) is 7.19. The van der Waals surface area contributed by atoms with Crippen LogP contribution in [0.4, 0.5) is 0 Å². The maximum Gasteiger partial charge on any atom is 0.330 e. The minimum Gasteiger partial charge on any atom is -0.508 e. The fraction of sp³-hybridized carbons (Fsp3) is 0.375. The van der Waals surface area contributed by atoms with E-state index in [0.717, 1.165) is 5.56 Å². The molecule has 1 aromatic carbocycles. The van der Waals surface area contributed by atoms with Gasteiger partial charge in [-0.15, -0.1) is 0 Å². The molecule has 0 saturated carbocycles. The number of carbonyl (C=O) groups is 2. The molecular weight excluding hydrogens is 416 g/mol. The molecule has 1 rings (SSSR count). The average Bonchev–Trinajstić information content (AvgIpc) is 2.57. The summed E-state index contributed by atoms with van der Waals surface area (Å²) in [5.41, 5.74) is 0.801. The minimum atomic E-state index is -0.344. The van der Waals surface area contributed by atoms with Gasteiger partial charge in [-0.05, 0) is 17.7 Å². The lowest BCUT2D eigenvalue weighted by atomic mass is 10.1. The largest absolute Gasteiger partial charge is 0.508 e. The van der Waals surface area contributed by atoms with E-state index in [1.54, 1.807) is 39.8 Å². The third kappa shape index (κ3) is 10.6. The Kier molecular flexibility index (Phi) is 11.5. The van der Waals surface area contributed by atoms with Crippen LogP contribution in [0.2, 0.25) is 0 Å². The van der Waals surface area contributed by atoms with Crippen molar-refractivity contribution in [3.63, 3.8) is 0 Å². The molecule has 0 fully saturated rings. The van der Waals surface area contributed by atoms with Crippen molar-refractivity contribution in [2.75, 3.05) is 30.0 Å². The molecule has 0 atom stereocenters. The number of aromatic hydroxyl groups is 1. The zero-order chi connectivity index (χ0) is 17.6. The van der Waals surface area contributed by atoms with E-state index >= 15 is 0 Å². The van der Waals surface area contributed by atoms with Crippen molar-refractivity contribution in [3.8, 4) is 5.75 Å². The standard InChI is InChI=1S/C16H19BrO5S2/c17-7-1-2-15(19)21-8-10-23-24-11-9-22-16(20)12-13-3-5-14(18)6-4-13/h1-6,18H,7-12H2/b2-1+. The van der Waals surface area contributed by atoms with E-state index in [1.807, 2.05) is 0 Å². The topological polar surface area (TPSA) is 72.8 Å². The van der Waals surface area contributed by atoms with Crippen LogP contribution in [0, 0.1) is 0 Å². The molecule has 1 aromatic rings. The molecule has 0 spiro atoms. The van der Waals surface area contributed by atoms with Crippen LogP contribution in [-0.2, 0) is 25.5 Å². The number of benzene rings is 1. The summed E-state index contributed by atoms with van der Waals surface area (Å²) in [5, 5.41) is 9.79. The van der Waals surface area contributed by atoms with Crippen LogP contribution in [0.25, 0.3) is 0 Å². The number of rotatable bonds is 11. The normalized spacial score (nSPS) is 10.7. The third-order valence-electron chi connectivity index (χ3n) is 2.55. The Bertz CT molecular complexity index is 534. The van der Waals surface area contributed by atoms with Gasteiger partial charge in [0.15, 0.2) is 0 Å². The molecule has 8 heteroatoms. The molecular formula is C16H19BrO5S2. The monoisotopic (exact) mass is 434 g/mol. The number of alkyl halides is 1. The number of allylic oxidation sites excluding steroid dienone is 1. The molecule has 1 N–H and O–H groups in total. The predicted octanol–water partition coefficient (Wildman–Crippen LogP) is 3.35. The zero-order valence-corrected chi connectivity index (χ0v) is 16.2. The van der Waals surface area contributed by atoms with Gasteiger partial charge in [-0.3, -0.25) is 4.79 Å². The van der Waals surface area contributed by atoms with Crippen molar-refractivity contribution in [3.05, 3.63) is 42.0 Å². The number of phenols is 1. The molecule has 0 aliphatic heterocycles. The summed E-state index contributed by atoms with van der Waals surface area (Å²) in [5.74, 6) is 0.885. The van der Waals surface area contributed by atoms with E-state index in [-0.39, 0.29) is 24.1 Å². The molecule has 132 valence electrons. The van der Waals surface area contributed by atoms with E-state index in [4.69, 9.17) is 14.6 Å². The van der Waals surface area contributed by atoms with Crippen LogP contribution in [0.15, 0.2) is 36.4 Å². The Hall–Kier alpha value is -1.12. The molecule has 0 saturated heterocycles. The summed E-state index contributed by atoms with van der Waals surface area (Å²) >= 11 is 3.18. The van der Waals surface area contributed by atoms with Gasteiger partial charge in [-0.25, -0.2) is 4.79 Å². The number of phenolic OH excluding ortho intramolecular Hbond substituents is 1. The Morgan fingerprint density at radius 2 is 1.71 bits per heavy atom. The molecule has 5 nitrogen and oxygen atoms in total. The van der Waals surface area contributed by atoms with Gasteiger partial charge in [0.05, 0.1) is 6.42 Å². The molecule has 0 radical (unpaired) electrons. The number of esters is 2. The predicted molar refractivity (Wildman–Crippen MR) is 102 cm³/mol. The Morgan fingerprint density at radius 3 is 2.33 bits per heavy atom. The van der Waals surface area contributed by atoms with Crippen LogP contribution in [0.5, 0.6) is 5.75 Å². The molecule has 0 aromatic heterocycles. The quantitative estimate of drug-likeness (QED) is 0.188. The van der Waals surface area contributed by atoms with Crippen LogP contribution < -0.4 is 0 Å². The second kappa shape index (κ2) is 13.2. The Balaban J connectivity index is 1.98. The molecule has 0 unspecified atom stereocenters. The van der Waals surface area contributed by atoms with E-state index < -0.39 is 0 Å². The lowest BCUT2D eigenvalue weighted by Crippen LogP contribution is -2.10. The number of hydrogen-bond donors (Lipinski definition) is 1. The summed E-state index contributed by atoms with van der Waals surface area (Å²) in [6.45, 7) is 0.687. The van der Waals surface area contributed by atoms with Gasteiger partial charge in [0.1, 0.15) is 19.0 Å². The van der Waals surface area contributed by atoms with Gasteiger partial charge in [-0.1, -0.05) is 55.7 Å². The highest BCUT2D eigenvalue weighted by molar-refractivity contribution is 9.09. The fourth-order valence-electron chi connectivity index (χ4n) is 1.50. The van der Waals surface area contributed by atoms with Gasteiger partial charge in [0, 0.05) is 22.9 Å². The lowest BCUT2D eigenvalue weighted by molar-refractivity contribution is -0.142. The smallest absolute Gasteiger partial charge is 0.330 e. The Morgan fingerprint density at radius 1 is 1.08 bits per heavy atom. The summed E-state index contributed by atoms with van der Waals surface area (Å²) in [4.78, 5) is 22.8. The van der Waals surface area contributed by atoms with Crippen LogP contribution in [-0.4, -0.2) is 47.1 Å². The van der Waals surface area contributed by atoms with Gasteiger partial charge >= 0.3 is 11.9 Å². The third-order valence-corrected chi connectivity index (χ3v) is 5.26. The first-order valence-corrected chi connectivity index (χ1v) is 10.8. The molecule has 0 aliphatic rings.